The zero-order chi connectivity index (χ0) is 15.8. The molecule has 116 valence electrons. The van der Waals surface area contributed by atoms with Crippen molar-refractivity contribution in [1.82, 2.24) is 4.98 Å². The molecule has 1 aromatic heterocycles. The van der Waals surface area contributed by atoms with Crippen LogP contribution in [-0.4, -0.2) is 15.5 Å². The normalized spacial score (nSPS) is 24.3. The van der Waals surface area contributed by atoms with E-state index < -0.39 is 0 Å². The molecule has 0 saturated carbocycles. The van der Waals surface area contributed by atoms with E-state index >= 15 is 0 Å². The molecule has 3 aromatic carbocycles. The number of rotatable bonds is 0. The lowest BCUT2D eigenvalue weighted by molar-refractivity contribution is 0.238. The van der Waals surface area contributed by atoms with E-state index in [1.165, 1.54) is 43.8 Å². The molecule has 2 aliphatic heterocycles. The molecule has 0 fully saturated rings. The van der Waals surface area contributed by atoms with Crippen molar-refractivity contribution in [2.24, 2.45) is 0 Å². The van der Waals surface area contributed by atoms with E-state index in [4.69, 9.17) is 0 Å². The van der Waals surface area contributed by atoms with Gasteiger partial charge in [0.1, 0.15) is 5.44 Å². The Morgan fingerprint density at radius 3 is 1.96 bits per heavy atom. The first-order chi connectivity index (χ1) is 11.8. The van der Waals surface area contributed by atoms with Crippen LogP contribution in [0.4, 0.5) is 0 Å². The molecule has 2 bridgehead atoms. The molecule has 1 aliphatic carbocycles. The van der Waals surface area contributed by atoms with E-state index in [9.17, 15) is 5.11 Å². The predicted octanol–water partition coefficient (Wildman–Crippen LogP) is 4.92. The largest absolute Gasteiger partial charge is 0.381 e. The summed E-state index contributed by atoms with van der Waals surface area (Å²) in [4.78, 5) is 3.20. The predicted molar refractivity (Wildman–Crippen MR) is 99.5 cm³/mol. The molecule has 3 heteroatoms. The van der Waals surface area contributed by atoms with Gasteiger partial charge in [0, 0.05) is 18.3 Å². The molecule has 0 spiro atoms. The van der Waals surface area contributed by atoms with Crippen LogP contribution in [0.2, 0.25) is 0 Å². The number of thioether (sulfide) groups is 1. The summed E-state index contributed by atoms with van der Waals surface area (Å²) in [6.07, 6.45) is 4.10. The molecule has 3 heterocycles. The topological polar surface area (TPSA) is 36.0 Å². The number of benzene rings is 3. The van der Waals surface area contributed by atoms with E-state index in [0.29, 0.717) is 0 Å². The first kappa shape index (κ1) is 13.1. The minimum absolute atomic E-state index is 0.0638. The number of aromatic nitrogens is 1. The molecule has 2 N–H and O–H groups in total. The van der Waals surface area contributed by atoms with Gasteiger partial charge in [0.25, 0.3) is 0 Å². The van der Waals surface area contributed by atoms with Crippen LogP contribution in [0.15, 0.2) is 60.9 Å². The Morgan fingerprint density at radius 2 is 1.29 bits per heavy atom. The monoisotopic (exact) mass is 329 g/mol. The third-order valence-electron chi connectivity index (χ3n) is 5.51. The van der Waals surface area contributed by atoms with Crippen molar-refractivity contribution in [3.8, 4) is 0 Å². The fourth-order valence-electron chi connectivity index (χ4n) is 4.41. The number of aliphatic hydroxyl groups is 1. The van der Waals surface area contributed by atoms with E-state index in [2.05, 4.69) is 59.7 Å². The fraction of sp³-hybridized carbons (Fsp3) is 0.143. The van der Waals surface area contributed by atoms with E-state index in [1.807, 2.05) is 6.20 Å². The quantitative estimate of drug-likeness (QED) is 0.480. The standard InChI is InChI=1S/C21H15NOS/c23-21-19-15-5-11-3-1-2-4-12(11)6-17(15)20(24-21)18-8-14-10-22-9-13(14)7-16(18)19/h1-10,19-23H. The molecule has 3 atom stereocenters. The lowest BCUT2D eigenvalue weighted by Crippen LogP contribution is -2.31. The summed E-state index contributed by atoms with van der Waals surface area (Å²) < 4.78 is 0. The molecule has 2 nitrogen and oxygen atoms in total. The highest BCUT2D eigenvalue weighted by molar-refractivity contribution is 8.00. The highest BCUT2D eigenvalue weighted by Gasteiger charge is 2.43. The lowest BCUT2D eigenvalue weighted by atomic mass is 9.76. The van der Waals surface area contributed by atoms with Crippen molar-refractivity contribution in [2.45, 2.75) is 16.6 Å². The number of aromatic amines is 1. The molecular formula is C21H15NOS. The molecule has 4 aromatic rings. The average molecular weight is 329 g/mol. The molecule has 0 radical (unpaired) electrons. The average Bonchev–Trinajstić information content (AvgIpc) is 3.06. The van der Waals surface area contributed by atoms with Crippen molar-refractivity contribution in [3.05, 3.63) is 83.2 Å². The number of hydrogen-bond acceptors (Lipinski definition) is 2. The summed E-state index contributed by atoms with van der Waals surface area (Å²) in [6.45, 7) is 0. The van der Waals surface area contributed by atoms with Gasteiger partial charge in [0.05, 0.1) is 5.25 Å². The Balaban J connectivity index is 1.70. The number of fused-ring (bicyclic) bond motifs is 3. The second kappa shape index (κ2) is 4.44. The first-order valence-corrected chi connectivity index (χ1v) is 9.20. The molecule has 0 saturated heterocycles. The van der Waals surface area contributed by atoms with E-state index in [1.54, 1.807) is 11.8 Å². The SMILES string of the molecule is OC1SC2c3cc4ccccc4cc3C1c1cc3c[nH]cc3cc12. The fourth-order valence-corrected chi connectivity index (χ4v) is 5.85. The van der Waals surface area contributed by atoms with Gasteiger partial charge in [-0.3, -0.25) is 0 Å². The first-order valence-electron chi connectivity index (χ1n) is 8.26. The summed E-state index contributed by atoms with van der Waals surface area (Å²) >= 11 is 1.69. The van der Waals surface area contributed by atoms with Gasteiger partial charge in [-0.2, -0.15) is 0 Å². The van der Waals surface area contributed by atoms with Gasteiger partial charge in [-0.1, -0.05) is 30.3 Å². The molecule has 7 rings (SSSR count). The second-order valence-electron chi connectivity index (χ2n) is 6.78. The molecular weight excluding hydrogens is 314 g/mol. The van der Waals surface area contributed by atoms with E-state index in [0.717, 1.165) is 0 Å². The van der Waals surface area contributed by atoms with Gasteiger partial charge in [-0.25, -0.2) is 0 Å². The summed E-state index contributed by atoms with van der Waals surface area (Å²) in [7, 11) is 0. The van der Waals surface area contributed by atoms with Crippen molar-refractivity contribution in [3.63, 3.8) is 0 Å². The molecule has 3 aliphatic rings. The molecule has 24 heavy (non-hydrogen) atoms. The van der Waals surface area contributed by atoms with Crippen LogP contribution in [0.1, 0.15) is 33.4 Å². The maximum absolute atomic E-state index is 10.7. The Morgan fingerprint density at radius 1 is 0.750 bits per heavy atom. The summed E-state index contributed by atoms with van der Waals surface area (Å²) in [5, 5.41) is 16.0. The van der Waals surface area contributed by atoms with Gasteiger partial charge < -0.3 is 10.1 Å². The third-order valence-corrected chi connectivity index (χ3v) is 6.84. The van der Waals surface area contributed by atoms with Crippen LogP contribution in [0, 0.1) is 0 Å². The second-order valence-corrected chi connectivity index (χ2v) is 8.00. The van der Waals surface area contributed by atoms with Gasteiger partial charge in [0.2, 0.25) is 0 Å². The van der Waals surface area contributed by atoms with Crippen molar-refractivity contribution in [2.75, 3.05) is 0 Å². The lowest BCUT2D eigenvalue weighted by Gasteiger charge is -2.43. The minimum atomic E-state index is -0.368. The van der Waals surface area contributed by atoms with Crippen molar-refractivity contribution < 1.29 is 5.11 Å². The van der Waals surface area contributed by atoms with Crippen LogP contribution in [0.5, 0.6) is 0 Å². The number of hydrogen-bond donors (Lipinski definition) is 2. The van der Waals surface area contributed by atoms with Crippen molar-refractivity contribution >= 4 is 33.3 Å². The maximum Gasteiger partial charge on any atom is 0.111 e. The van der Waals surface area contributed by atoms with Gasteiger partial charge in [0.15, 0.2) is 0 Å². The molecule has 3 unspecified atom stereocenters. The third kappa shape index (κ3) is 1.56. The summed E-state index contributed by atoms with van der Waals surface area (Å²) in [5.41, 5.74) is 4.96. The zero-order valence-electron chi connectivity index (χ0n) is 12.9. The van der Waals surface area contributed by atoms with Crippen LogP contribution in [-0.2, 0) is 0 Å². The van der Waals surface area contributed by atoms with Crippen LogP contribution >= 0.6 is 11.8 Å². The Labute approximate surface area is 143 Å². The summed E-state index contributed by atoms with van der Waals surface area (Å²) in [6, 6.07) is 17.7. The van der Waals surface area contributed by atoms with Crippen LogP contribution in [0.3, 0.4) is 0 Å². The van der Waals surface area contributed by atoms with E-state index in [-0.39, 0.29) is 16.6 Å². The Kier molecular flexibility index (Phi) is 2.42. The highest BCUT2D eigenvalue weighted by Crippen LogP contribution is 2.59. The smallest absolute Gasteiger partial charge is 0.111 e. The Bertz CT molecular complexity index is 1130. The van der Waals surface area contributed by atoms with Crippen molar-refractivity contribution in [1.29, 1.82) is 0 Å². The van der Waals surface area contributed by atoms with Crippen LogP contribution < -0.4 is 0 Å². The highest BCUT2D eigenvalue weighted by atomic mass is 32.2. The molecule has 0 amide bonds. The number of H-pyrrole nitrogens is 1. The van der Waals surface area contributed by atoms with Gasteiger partial charge >= 0.3 is 0 Å². The minimum Gasteiger partial charge on any atom is -0.381 e. The number of aliphatic hydroxyl groups excluding tert-OH is 1. The Hall–Kier alpha value is -2.23. The number of nitrogens with one attached hydrogen (secondary N) is 1. The van der Waals surface area contributed by atoms with Gasteiger partial charge in [-0.05, 0) is 62.0 Å². The maximum atomic E-state index is 10.7. The zero-order valence-corrected chi connectivity index (χ0v) is 13.7. The van der Waals surface area contributed by atoms with Gasteiger partial charge in [-0.15, -0.1) is 11.8 Å². The van der Waals surface area contributed by atoms with Crippen LogP contribution in [0.25, 0.3) is 21.5 Å². The summed E-state index contributed by atoms with van der Waals surface area (Å²) in [5.74, 6) is 0.0638.